The molecule has 0 aliphatic heterocycles. The van der Waals surface area contributed by atoms with Crippen LogP contribution in [0.1, 0.15) is 44.9 Å². The van der Waals surface area contributed by atoms with Crippen LogP contribution in [-0.2, 0) is 6.42 Å². The molecule has 4 nitrogen and oxygen atoms in total. The molecule has 1 aromatic rings. The van der Waals surface area contributed by atoms with Gasteiger partial charge in [-0.2, -0.15) is 4.98 Å². The lowest BCUT2D eigenvalue weighted by Crippen LogP contribution is -2.19. The van der Waals surface area contributed by atoms with Gasteiger partial charge in [-0.25, -0.2) is 0 Å². The maximum absolute atomic E-state index is 5.09. The van der Waals surface area contributed by atoms with E-state index in [2.05, 4.69) is 22.4 Å². The van der Waals surface area contributed by atoms with Crippen LogP contribution in [0.5, 0.6) is 0 Å². The van der Waals surface area contributed by atoms with E-state index in [1.807, 2.05) is 13.8 Å². The van der Waals surface area contributed by atoms with Gasteiger partial charge in [0.1, 0.15) is 0 Å². The van der Waals surface area contributed by atoms with E-state index in [0.29, 0.717) is 5.89 Å². The van der Waals surface area contributed by atoms with E-state index in [4.69, 9.17) is 4.52 Å². The third-order valence-corrected chi connectivity index (χ3v) is 1.87. The Morgan fingerprint density at radius 3 is 2.77 bits per heavy atom. The van der Waals surface area contributed by atoms with Crippen LogP contribution in [0.25, 0.3) is 0 Å². The molecule has 4 heteroatoms. The zero-order chi connectivity index (χ0) is 9.68. The maximum Gasteiger partial charge on any atom is 0.243 e. The first kappa shape index (κ1) is 10.2. The van der Waals surface area contributed by atoms with Crippen LogP contribution < -0.4 is 5.32 Å². The van der Waals surface area contributed by atoms with Crippen LogP contribution >= 0.6 is 0 Å². The van der Waals surface area contributed by atoms with Crippen molar-refractivity contribution < 1.29 is 4.52 Å². The Hall–Kier alpha value is -0.900. The number of aromatic nitrogens is 2. The standard InChI is InChI=1S/C9H17N3O/c1-4-6-10-7(3)9-11-8(5-2)12-13-9/h7,10H,4-6H2,1-3H3. The number of nitrogens with one attached hydrogen (secondary N) is 1. The summed E-state index contributed by atoms with van der Waals surface area (Å²) in [6, 6.07) is 0.160. The highest BCUT2D eigenvalue weighted by Gasteiger charge is 2.11. The van der Waals surface area contributed by atoms with Crippen LogP contribution in [-0.4, -0.2) is 16.7 Å². The summed E-state index contributed by atoms with van der Waals surface area (Å²) in [6.07, 6.45) is 1.93. The van der Waals surface area contributed by atoms with Gasteiger partial charge in [-0.15, -0.1) is 0 Å². The van der Waals surface area contributed by atoms with Crippen molar-refractivity contribution in [2.45, 2.75) is 39.7 Å². The monoisotopic (exact) mass is 183 g/mol. The second-order valence-corrected chi connectivity index (χ2v) is 3.08. The van der Waals surface area contributed by atoms with Gasteiger partial charge in [0.05, 0.1) is 6.04 Å². The summed E-state index contributed by atoms with van der Waals surface area (Å²) < 4.78 is 5.09. The molecule has 74 valence electrons. The van der Waals surface area contributed by atoms with Gasteiger partial charge in [-0.05, 0) is 19.9 Å². The normalized spacial score (nSPS) is 13.2. The largest absolute Gasteiger partial charge is 0.338 e. The molecule has 0 saturated carbocycles. The van der Waals surface area contributed by atoms with E-state index >= 15 is 0 Å². The van der Waals surface area contributed by atoms with Gasteiger partial charge < -0.3 is 9.84 Å². The molecule has 1 unspecified atom stereocenters. The summed E-state index contributed by atoms with van der Waals surface area (Å²) >= 11 is 0. The summed E-state index contributed by atoms with van der Waals surface area (Å²) in [5.74, 6) is 1.46. The number of hydrogen-bond donors (Lipinski definition) is 1. The first-order chi connectivity index (χ1) is 6.27. The second-order valence-electron chi connectivity index (χ2n) is 3.08. The van der Waals surface area contributed by atoms with E-state index < -0.39 is 0 Å². The fraction of sp³-hybridized carbons (Fsp3) is 0.778. The molecular formula is C9H17N3O. The zero-order valence-corrected chi connectivity index (χ0v) is 8.50. The molecule has 0 amide bonds. The van der Waals surface area contributed by atoms with E-state index in [1.165, 1.54) is 0 Å². The van der Waals surface area contributed by atoms with Crippen LogP contribution in [0.3, 0.4) is 0 Å². The Labute approximate surface area is 78.7 Å². The zero-order valence-electron chi connectivity index (χ0n) is 8.50. The van der Waals surface area contributed by atoms with Crippen molar-refractivity contribution in [3.05, 3.63) is 11.7 Å². The molecule has 1 heterocycles. The summed E-state index contributed by atoms with van der Waals surface area (Å²) in [6.45, 7) is 7.15. The van der Waals surface area contributed by atoms with Gasteiger partial charge in [0.25, 0.3) is 0 Å². The van der Waals surface area contributed by atoms with Gasteiger partial charge >= 0.3 is 0 Å². The highest BCUT2D eigenvalue weighted by atomic mass is 16.5. The topological polar surface area (TPSA) is 51.0 Å². The average molecular weight is 183 g/mol. The summed E-state index contributed by atoms with van der Waals surface area (Å²) in [4.78, 5) is 4.24. The maximum atomic E-state index is 5.09. The molecule has 13 heavy (non-hydrogen) atoms. The van der Waals surface area contributed by atoms with E-state index in [-0.39, 0.29) is 6.04 Å². The third kappa shape index (κ3) is 2.81. The number of hydrogen-bond acceptors (Lipinski definition) is 4. The molecule has 1 atom stereocenters. The molecule has 1 aromatic heterocycles. The molecule has 0 aliphatic rings. The van der Waals surface area contributed by atoms with Crippen molar-refractivity contribution in [3.63, 3.8) is 0 Å². The molecule has 0 aromatic carbocycles. The van der Waals surface area contributed by atoms with Crippen molar-refractivity contribution in [2.24, 2.45) is 0 Å². The lowest BCUT2D eigenvalue weighted by molar-refractivity contribution is 0.337. The summed E-state index contributed by atoms with van der Waals surface area (Å²) in [7, 11) is 0. The fourth-order valence-electron chi connectivity index (χ4n) is 1.04. The van der Waals surface area contributed by atoms with Crippen LogP contribution in [0.4, 0.5) is 0 Å². The third-order valence-electron chi connectivity index (χ3n) is 1.87. The molecule has 0 fully saturated rings. The molecule has 0 radical (unpaired) electrons. The van der Waals surface area contributed by atoms with Crippen LogP contribution in [0, 0.1) is 0 Å². The highest BCUT2D eigenvalue weighted by molar-refractivity contribution is 4.90. The van der Waals surface area contributed by atoms with Crippen molar-refractivity contribution in [1.82, 2.24) is 15.5 Å². The molecule has 0 saturated heterocycles. The van der Waals surface area contributed by atoms with Crippen molar-refractivity contribution in [1.29, 1.82) is 0 Å². The van der Waals surface area contributed by atoms with E-state index in [1.54, 1.807) is 0 Å². The predicted octanol–water partition coefficient (Wildman–Crippen LogP) is 1.69. The lowest BCUT2D eigenvalue weighted by atomic mass is 10.3. The molecule has 0 spiro atoms. The highest BCUT2D eigenvalue weighted by Crippen LogP contribution is 2.09. The summed E-state index contributed by atoms with van der Waals surface area (Å²) in [5.41, 5.74) is 0. The Kier molecular flexibility index (Phi) is 3.89. The SMILES string of the molecule is CCCNC(C)c1nc(CC)no1. The smallest absolute Gasteiger partial charge is 0.243 e. The fourth-order valence-corrected chi connectivity index (χ4v) is 1.04. The number of aryl methyl sites for hydroxylation is 1. The summed E-state index contributed by atoms with van der Waals surface area (Å²) in [5, 5.41) is 7.13. The van der Waals surface area contributed by atoms with E-state index in [0.717, 1.165) is 25.2 Å². The van der Waals surface area contributed by atoms with Crippen molar-refractivity contribution >= 4 is 0 Å². The quantitative estimate of drug-likeness (QED) is 0.754. The molecule has 1 N–H and O–H groups in total. The van der Waals surface area contributed by atoms with Gasteiger partial charge in [0, 0.05) is 6.42 Å². The predicted molar refractivity (Wildman–Crippen MR) is 50.4 cm³/mol. The lowest BCUT2D eigenvalue weighted by Gasteiger charge is -2.06. The Morgan fingerprint density at radius 2 is 2.23 bits per heavy atom. The molecule has 0 aliphatic carbocycles. The minimum atomic E-state index is 0.160. The molecule has 1 rings (SSSR count). The number of nitrogens with zero attached hydrogens (tertiary/aromatic N) is 2. The van der Waals surface area contributed by atoms with Gasteiger partial charge in [-0.1, -0.05) is 19.0 Å². The van der Waals surface area contributed by atoms with E-state index in [9.17, 15) is 0 Å². The Bertz CT molecular complexity index is 247. The van der Waals surface area contributed by atoms with Gasteiger partial charge in [0.15, 0.2) is 5.82 Å². The van der Waals surface area contributed by atoms with Gasteiger partial charge in [-0.3, -0.25) is 0 Å². The van der Waals surface area contributed by atoms with Crippen molar-refractivity contribution in [2.75, 3.05) is 6.54 Å². The van der Waals surface area contributed by atoms with Crippen LogP contribution in [0.15, 0.2) is 4.52 Å². The van der Waals surface area contributed by atoms with Gasteiger partial charge in [0.2, 0.25) is 5.89 Å². The minimum Gasteiger partial charge on any atom is -0.338 e. The molecule has 0 bridgehead atoms. The van der Waals surface area contributed by atoms with Crippen molar-refractivity contribution in [3.8, 4) is 0 Å². The van der Waals surface area contributed by atoms with Crippen LogP contribution in [0.2, 0.25) is 0 Å². The Morgan fingerprint density at radius 1 is 1.46 bits per heavy atom. The first-order valence-electron chi connectivity index (χ1n) is 4.83. The average Bonchev–Trinajstić information content (AvgIpc) is 2.62. The molecular weight excluding hydrogens is 166 g/mol. The Balaban J connectivity index is 2.50. The first-order valence-corrected chi connectivity index (χ1v) is 4.83. The second kappa shape index (κ2) is 4.97. The number of rotatable bonds is 5. The minimum absolute atomic E-state index is 0.160.